The molecule has 0 aliphatic rings. The molecule has 1 heterocycles. The first-order valence-electron chi connectivity index (χ1n) is 8.21. The maximum absolute atomic E-state index is 12.3. The summed E-state index contributed by atoms with van der Waals surface area (Å²) in [5.74, 6) is 0.0341. The number of carbonyl (C=O) groups excluding carboxylic acids is 2. The average molecular weight is 381 g/mol. The third-order valence-electron chi connectivity index (χ3n) is 3.88. The van der Waals surface area contributed by atoms with Crippen LogP contribution in [-0.4, -0.2) is 21.9 Å². The third-order valence-corrected chi connectivity index (χ3v) is 4.11. The number of hydrogen-bond donors (Lipinski definition) is 2. The Morgan fingerprint density at radius 1 is 1.00 bits per heavy atom. The number of carbonyl (C=O) groups is 2. The van der Waals surface area contributed by atoms with Crippen molar-refractivity contribution in [3.05, 3.63) is 76.4 Å². The largest absolute Gasteiger partial charge is 0.339 e. The van der Waals surface area contributed by atoms with Crippen LogP contribution < -0.4 is 10.6 Å². The van der Waals surface area contributed by atoms with Crippen LogP contribution in [0.5, 0.6) is 0 Å². The van der Waals surface area contributed by atoms with Gasteiger partial charge in [0.2, 0.25) is 0 Å². The van der Waals surface area contributed by atoms with Crippen molar-refractivity contribution in [1.82, 2.24) is 10.2 Å². The summed E-state index contributed by atoms with van der Waals surface area (Å²) in [6.45, 7) is 3.40. The van der Waals surface area contributed by atoms with Gasteiger partial charge in [-0.3, -0.25) is 9.59 Å². The average Bonchev–Trinajstić information content (AvgIpc) is 2.65. The summed E-state index contributed by atoms with van der Waals surface area (Å²) in [5, 5.41) is 14.5. The van der Waals surface area contributed by atoms with Crippen LogP contribution in [0.1, 0.15) is 33.3 Å². The van der Waals surface area contributed by atoms with Crippen LogP contribution in [0, 0.1) is 6.92 Å². The van der Waals surface area contributed by atoms with Gasteiger partial charge in [0.25, 0.3) is 5.91 Å². The lowest BCUT2D eigenvalue weighted by Crippen LogP contribution is -2.15. The molecule has 0 bridgehead atoms. The summed E-state index contributed by atoms with van der Waals surface area (Å²) in [5.41, 5.74) is 3.04. The van der Waals surface area contributed by atoms with E-state index in [1.165, 1.54) is 6.92 Å². The van der Waals surface area contributed by atoms with Crippen molar-refractivity contribution in [1.29, 1.82) is 0 Å². The van der Waals surface area contributed by atoms with Crippen molar-refractivity contribution in [2.75, 3.05) is 10.6 Å². The zero-order valence-electron chi connectivity index (χ0n) is 14.8. The summed E-state index contributed by atoms with van der Waals surface area (Å²) in [6, 6.07) is 15.4. The number of hydrogen-bond acceptors (Lipinski definition) is 5. The first-order valence-corrected chi connectivity index (χ1v) is 8.59. The van der Waals surface area contributed by atoms with Gasteiger partial charge in [0.05, 0.1) is 0 Å². The summed E-state index contributed by atoms with van der Waals surface area (Å²) < 4.78 is 0. The number of ketones is 1. The van der Waals surface area contributed by atoms with E-state index in [4.69, 9.17) is 11.6 Å². The predicted molar refractivity (Wildman–Crippen MR) is 106 cm³/mol. The molecule has 0 spiro atoms. The topological polar surface area (TPSA) is 84.0 Å². The number of aryl methyl sites for hydroxylation is 1. The second-order valence-corrected chi connectivity index (χ2v) is 6.42. The molecule has 0 aliphatic carbocycles. The summed E-state index contributed by atoms with van der Waals surface area (Å²) >= 11 is 5.95. The van der Waals surface area contributed by atoms with Crippen molar-refractivity contribution in [2.45, 2.75) is 13.8 Å². The fourth-order valence-electron chi connectivity index (χ4n) is 2.44. The Labute approximate surface area is 161 Å². The molecule has 3 aromatic rings. The Kier molecular flexibility index (Phi) is 5.47. The van der Waals surface area contributed by atoms with E-state index in [-0.39, 0.29) is 11.5 Å². The quantitative estimate of drug-likeness (QED) is 0.630. The monoisotopic (exact) mass is 380 g/mol. The minimum atomic E-state index is -0.405. The van der Waals surface area contributed by atoms with Crippen LogP contribution in [0.15, 0.2) is 54.6 Å². The number of halogens is 1. The minimum Gasteiger partial charge on any atom is -0.339 e. The van der Waals surface area contributed by atoms with Gasteiger partial charge < -0.3 is 10.6 Å². The molecule has 0 unspecified atom stereocenters. The number of nitrogens with one attached hydrogen (secondary N) is 2. The van der Waals surface area contributed by atoms with Gasteiger partial charge in [0.1, 0.15) is 0 Å². The Balaban J connectivity index is 1.70. The van der Waals surface area contributed by atoms with Crippen LogP contribution in [-0.2, 0) is 0 Å². The van der Waals surface area contributed by atoms with Gasteiger partial charge in [0.15, 0.2) is 17.3 Å². The second-order valence-electron chi connectivity index (χ2n) is 5.98. The molecule has 27 heavy (non-hydrogen) atoms. The van der Waals surface area contributed by atoms with E-state index in [2.05, 4.69) is 20.8 Å². The van der Waals surface area contributed by atoms with E-state index in [9.17, 15) is 9.59 Å². The van der Waals surface area contributed by atoms with Crippen LogP contribution in [0.3, 0.4) is 0 Å². The molecule has 6 nitrogen and oxygen atoms in total. The first kappa shape index (κ1) is 18.5. The lowest BCUT2D eigenvalue weighted by molar-refractivity contribution is 0.100. The number of nitrogens with zero attached hydrogens (tertiary/aromatic N) is 2. The smallest absolute Gasteiger partial charge is 0.276 e. The van der Waals surface area contributed by atoms with Crippen LogP contribution in [0.2, 0.25) is 5.02 Å². The molecule has 2 aromatic carbocycles. The van der Waals surface area contributed by atoms with Gasteiger partial charge in [0, 0.05) is 22.0 Å². The predicted octanol–water partition coefficient (Wildman–Crippen LogP) is 4.64. The summed E-state index contributed by atoms with van der Waals surface area (Å²) in [7, 11) is 0. The zero-order chi connectivity index (χ0) is 19.4. The van der Waals surface area contributed by atoms with E-state index >= 15 is 0 Å². The molecular weight excluding hydrogens is 364 g/mol. The van der Waals surface area contributed by atoms with Gasteiger partial charge >= 0.3 is 0 Å². The number of anilines is 3. The second kappa shape index (κ2) is 7.97. The molecule has 0 atom stereocenters. The molecule has 0 saturated carbocycles. The van der Waals surface area contributed by atoms with Crippen molar-refractivity contribution >= 4 is 40.5 Å². The van der Waals surface area contributed by atoms with Gasteiger partial charge in [-0.25, -0.2) is 0 Å². The Bertz CT molecular complexity index is 1000. The molecule has 0 radical (unpaired) electrons. The Morgan fingerprint density at radius 2 is 1.81 bits per heavy atom. The van der Waals surface area contributed by atoms with Gasteiger partial charge in [-0.15, -0.1) is 10.2 Å². The van der Waals surface area contributed by atoms with Gasteiger partial charge in [-0.1, -0.05) is 23.7 Å². The molecule has 3 rings (SSSR count). The molecule has 2 N–H and O–H groups in total. The summed E-state index contributed by atoms with van der Waals surface area (Å²) in [6.07, 6.45) is 0. The number of aromatic nitrogens is 2. The number of amides is 1. The molecule has 0 saturated heterocycles. The lowest BCUT2D eigenvalue weighted by Gasteiger charge is -2.09. The highest BCUT2D eigenvalue weighted by Gasteiger charge is 2.10. The Morgan fingerprint density at radius 3 is 2.48 bits per heavy atom. The first-order chi connectivity index (χ1) is 12.9. The van der Waals surface area contributed by atoms with E-state index in [0.717, 1.165) is 11.3 Å². The molecule has 0 aliphatic heterocycles. The maximum atomic E-state index is 12.3. The van der Waals surface area contributed by atoms with Crippen molar-refractivity contribution in [3.63, 3.8) is 0 Å². The number of rotatable bonds is 5. The standard InChI is InChI=1S/C20H17ClN4O2/c1-12-10-15(21)6-7-17(12)23-19-9-8-18(24-25-19)20(27)22-16-5-3-4-14(11-16)13(2)26/h3-11H,1-2H3,(H,22,27)(H,23,25). The van der Waals surface area contributed by atoms with Gasteiger partial charge in [-0.2, -0.15) is 0 Å². The van der Waals surface area contributed by atoms with Gasteiger partial charge in [-0.05, 0) is 61.9 Å². The normalized spacial score (nSPS) is 10.3. The van der Waals surface area contributed by atoms with E-state index < -0.39 is 5.91 Å². The number of benzene rings is 2. The highest BCUT2D eigenvalue weighted by molar-refractivity contribution is 6.30. The van der Waals surface area contributed by atoms with E-state index in [1.807, 2.05) is 19.1 Å². The summed E-state index contributed by atoms with van der Waals surface area (Å²) in [4.78, 5) is 23.8. The molecule has 136 valence electrons. The molecule has 0 fully saturated rings. The fourth-order valence-corrected chi connectivity index (χ4v) is 2.66. The molecule has 1 aromatic heterocycles. The van der Waals surface area contributed by atoms with E-state index in [1.54, 1.807) is 42.5 Å². The third kappa shape index (κ3) is 4.68. The van der Waals surface area contributed by atoms with Crippen LogP contribution in [0.4, 0.5) is 17.2 Å². The minimum absolute atomic E-state index is 0.0705. The SMILES string of the molecule is CC(=O)c1cccc(NC(=O)c2ccc(Nc3ccc(Cl)cc3C)nn2)c1. The maximum Gasteiger partial charge on any atom is 0.276 e. The number of Topliss-reactive ketones (excluding diaryl/α,β-unsaturated/α-hetero) is 1. The highest BCUT2D eigenvalue weighted by Crippen LogP contribution is 2.22. The molecule has 7 heteroatoms. The fraction of sp³-hybridized carbons (Fsp3) is 0.100. The van der Waals surface area contributed by atoms with Crippen molar-refractivity contribution in [3.8, 4) is 0 Å². The van der Waals surface area contributed by atoms with Crippen LogP contribution >= 0.6 is 11.6 Å². The Hall–Kier alpha value is -3.25. The molecule has 1 amide bonds. The van der Waals surface area contributed by atoms with Crippen molar-refractivity contribution in [2.24, 2.45) is 0 Å². The van der Waals surface area contributed by atoms with E-state index in [0.29, 0.717) is 22.1 Å². The highest BCUT2D eigenvalue weighted by atomic mass is 35.5. The van der Waals surface area contributed by atoms with Crippen molar-refractivity contribution < 1.29 is 9.59 Å². The zero-order valence-corrected chi connectivity index (χ0v) is 15.5. The molecular formula is C20H17ClN4O2. The lowest BCUT2D eigenvalue weighted by atomic mass is 10.1. The van der Waals surface area contributed by atoms with Crippen LogP contribution in [0.25, 0.3) is 0 Å².